The molecule has 2 aliphatic heterocycles. The lowest BCUT2D eigenvalue weighted by Gasteiger charge is -2.48. The topological polar surface area (TPSA) is 29.5 Å². The van der Waals surface area contributed by atoms with Crippen molar-refractivity contribution >= 4 is 21.7 Å². The normalized spacial score (nSPS) is 49.5. The molecule has 4 aliphatic carbocycles. The Morgan fingerprint density at radius 3 is 2.82 bits per heavy atom. The summed E-state index contributed by atoms with van der Waals surface area (Å²) in [6.07, 6.45) is 11.6. The summed E-state index contributed by atoms with van der Waals surface area (Å²) in [5, 5.41) is 1.05. The summed E-state index contributed by atoms with van der Waals surface area (Å²) in [5.74, 6) is 3.93. The fraction of sp³-hybridized carbons (Fsp3) is 0.828. The Labute approximate surface area is 208 Å². The van der Waals surface area contributed by atoms with Gasteiger partial charge in [-0.25, -0.2) is 0 Å². The summed E-state index contributed by atoms with van der Waals surface area (Å²) >= 11 is 3.71. The van der Waals surface area contributed by atoms with E-state index in [1.54, 1.807) is 11.1 Å². The van der Waals surface area contributed by atoms with Crippen LogP contribution in [0.1, 0.15) is 79.1 Å². The average molecular weight is 517 g/mol. The number of carbonyl (C=O) groups is 1. The highest BCUT2D eigenvalue weighted by molar-refractivity contribution is 9.09. The molecule has 6 aliphatic rings. The van der Waals surface area contributed by atoms with Gasteiger partial charge in [-0.05, 0) is 92.6 Å². The molecule has 0 amide bonds. The van der Waals surface area contributed by atoms with Crippen molar-refractivity contribution in [2.45, 2.75) is 96.8 Å². The highest BCUT2D eigenvalue weighted by Crippen LogP contribution is 2.65. The summed E-state index contributed by atoms with van der Waals surface area (Å²) in [5.41, 5.74) is 5.05. The molecule has 2 saturated carbocycles. The molecule has 182 valence electrons. The molecule has 4 heteroatoms. The molecule has 3 nitrogen and oxygen atoms in total. The van der Waals surface area contributed by atoms with Gasteiger partial charge < -0.3 is 4.74 Å². The van der Waals surface area contributed by atoms with Crippen LogP contribution in [0.4, 0.5) is 0 Å². The van der Waals surface area contributed by atoms with Crippen molar-refractivity contribution in [1.29, 1.82) is 0 Å². The van der Waals surface area contributed by atoms with Crippen molar-refractivity contribution in [3.05, 3.63) is 22.8 Å². The van der Waals surface area contributed by atoms with Gasteiger partial charge in [-0.15, -0.1) is 0 Å². The molecule has 2 saturated heterocycles. The number of alkyl halides is 1. The molecule has 0 radical (unpaired) electrons. The third-order valence-corrected chi connectivity index (χ3v) is 11.7. The average Bonchev–Trinajstić information content (AvgIpc) is 3.29. The number of hydrogen-bond donors (Lipinski definition) is 0. The second kappa shape index (κ2) is 8.03. The molecule has 4 fully saturated rings. The molecule has 33 heavy (non-hydrogen) atoms. The van der Waals surface area contributed by atoms with Crippen molar-refractivity contribution in [1.82, 2.24) is 4.90 Å². The van der Waals surface area contributed by atoms with E-state index in [1.165, 1.54) is 44.2 Å². The monoisotopic (exact) mass is 515 g/mol. The van der Waals surface area contributed by atoms with Gasteiger partial charge in [-0.2, -0.15) is 0 Å². The van der Waals surface area contributed by atoms with Gasteiger partial charge in [-0.3, -0.25) is 9.69 Å². The smallest absolute Gasteiger partial charge is 0.155 e. The van der Waals surface area contributed by atoms with E-state index >= 15 is 0 Å². The number of fused-ring (bicyclic) bond motifs is 6. The minimum absolute atomic E-state index is 0.0502. The molecule has 0 aromatic carbocycles. The Kier molecular flexibility index (Phi) is 5.59. The number of likely N-dealkylation sites (tertiary alicyclic amines) is 1. The lowest BCUT2D eigenvalue weighted by molar-refractivity contribution is -0.116. The van der Waals surface area contributed by atoms with Crippen LogP contribution < -0.4 is 0 Å². The Bertz CT molecular complexity index is 909. The van der Waals surface area contributed by atoms with Crippen molar-refractivity contribution in [2.24, 2.45) is 35.0 Å². The number of rotatable bonds is 2. The third kappa shape index (κ3) is 3.22. The summed E-state index contributed by atoms with van der Waals surface area (Å²) in [6, 6.07) is 0.561. The molecule has 0 aromatic rings. The number of ether oxygens (including phenoxy) is 1. The number of piperidine rings is 1. The Morgan fingerprint density at radius 1 is 1.21 bits per heavy atom. The fourth-order valence-electron chi connectivity index (χ4n) is 9.75. The zero-order valence-corrected chi connectivity index (χ0v) is 22.6. The van der Waals surface area contributed by atoms with Gasteiger partial charge in [-0.1, -0.05) is 47.8 Å². The highest BCUT2D eigenvalue weighted by atomic mass is 79.9. The minimum Gasteiger partial charge on any atom is -0.365 e. The molecule has 0 N–H and O–H groups in total. The molecular weight excluding hydrogens is 474 g/mol. The van der Waals surface area contributed by atoms with Gasteiger partial charge in [0, 0.05) is 36.8 Å². The largest absolute Gasteiger partial charge is 0.365 e. The van der Waals surface area contributed by atoms with Crippen molar-refractivity contribution < 1.29 is 9.53 Å². The van der Waals surface area contributed by atoms with Crippen LogP contribution in [-0.2, 0) is 9.53 Å². The molecule has 2 heterocycles. The predicted octanol–water partition coefficient (Wildman–Crippen LogP) is 6.32. The number of ketones is 1. The summed E-state index contributed by atoms with van der Waals surface area (Å²) in [4.78, 5) is 14.9. The lowest BCUT2D eigenvalue weighted by atomic mass is 9.56. The molecule has 0 unspecified atom stereocenters. The van der Waals surface area contributed by atoms with Crippen LogP contribution in [0.5, 0.6) is 0 Å². The standard InChI is InChI=1S/C29H42BrNO2/c1-17-13-26-27(31(16-17)12-11-30)19(3)29(33-26)10-8-22-23-6-5-20-14-21(32)7-9-28(20,4)25(23)15-24(22)18(29)2/h14,17,19,22-23,25-27H,5-13,15-16H2,1-4H3/t17-,19+,22-,23-,25-,26+,27-,28-,29-/m0/s1. The highest BCUT2D eigenvalue weighted by Gasteiger charge is 2.61. The van der Waals surface area contributed by atoms with E-state index in [4.69, 9.17) is 4.74 Å². The molecule has 1 spiro atoms. The lowest BCUT2D eigenvalue weighted by Crippen LogP contribution is -2.52. The van der Waals surface area contributed by atoms with Crippen LogP contribution >= 0.6 is 15.9 Å². The zero-order valence-electron chi connectivity index (χ0n) is 21.0. The van der Waals surface area contributed by atoms with Crippen LogP contribution in [0.2, 0.25) is 0 Å². The van der Waals surface area contributed by atoms with Gasteiger partial charge in [0.1, 0.15) is 0 Å². The van der Waals surface area contributed by atoms with Gasteiger partial charge in [0.25, 0.3) is 0 Å². The Hall–Kier alpha value is -0.450. The first-order chi connectivity index (χ1) is 15.8. The van der Waals surface area contributed by atoms with Crippen LogP contribution in [-0.4, -0.2) is 46.8 Å². The molecule has 9 atom stereocenters. The van der Waals surface area contributed by atoms with E-state index in [2.05, 4.69) is 48.5 Å². The summed E-state index contributed by atoms with van der Waals surface area (Å²) in [6.45, 7) is 12.2. The summed E-state index contributed by atoms with van der Waals surface area (Å²) in [7, 11) is 0. The first-order valence-electron chi connectivity index (χ1n) is 13.7. The van der Waals surface area contributed by atoms with E-state index in [-0.39, 0.29) is 11.0 Å². The van der Waals surface area contributed by atoms with E-state index in [0.717, 1.165) is 48.9 Å². The van der Waals surface area contributed by atoms with E-state index in [0.29, 0.717) is 29.8 Å². The van der Waals surface area contributed by atoms with Crippen LogP contribution in [0.25, 0.3) is 0 Å². The van der Waals surface area contributed by atoms with Crippen LogP contribution in [0.15, 0.2) is 22.8 Å². The second-order valence-electron chi connectivity index (χ2n) is 12.7. The Morgan fingerprint density at radius 2 is 2.03 bits per heavy atom. The maximum absolute atomic E-state index is 12.2. The van der Waals surface area contributed by atoms with Gasteiger partial charge >= 0.3 is 0 Å². The van der Waals surface area contributed by atoms with E-state index in [1.807, 2.05) is 6.08 Å². The number of nitrogens with zero attached hydrogens (tertiary/aromatic N) is 1. The minimum atomic E-state index is -0.0502. The maximum Gasteiger partial charge on any atom is 0.155 e. The first kappa shape index (κ1) is 23.0. The van der Waals surface area contributed by atoms with Crippen LogP contribution in [0.3, 0.4) is 0 Å². The molecule has 0 bridgehead atoms. The quantitative estimate of drug-likeness (QED) is 0.318. The van der Waals surface area contributed by atoms with Crippen LogP contribution in [0, 0.1) is 35.0 Å². The van der Waals surface area contributed by atoms with Crippen molar-refractivity contribution in [3.8, 4) is 0 Å². The summed E-state index contributed by atoms with van der Waals surface area (Å²) < 4.78 is 7.20. The molecule has 6 rings (SSSR count). The second-order valence-corrected chi connectivity index (χ2v) is 13.5. The van der Waals surface area contributed by atoms with E-state index < -0.39 is 0 Å². The maximum atomic E-state index is 12.2. The molecule has 0 aromatic heterocycles. The van der Waals surface area contributed by atoms with Gasteiger partial charge in [0.05, 0.1) is 11.7 Å². The number of hydrogen-bond acceptors (Lipinski definition) is 3. The fourth-order valence-corrected chi connectivity index (χ4v) is 10.2. The predicted molar refractivity (Wildman–Crippen MR) is 136 cm³/mol. The van der Waals surface area contributed by atoms with E-state index in [9.17, 15) is 4.79 Å². The van der Waals surface area contributed by atoms with Crippen molar-refractivity contribution in [2.75, 3.05) is 18.4 Å². The molecular formula is C29H42BrNO2. The first-order valence-corrected chi connectivity index (χ1v) is 14.8. The Balaban J connectivity index is 1.34. The number of allylic oxidation sites excluding steroid dienone is 3. The number of halogens is 1. The van der Waals surface area contributed by atoms with Gasteiger partial charge in [0.15, 0.2) is 5.78 Å². The van der Waals surface area contributed by atoms with Crippen molar-refractivity contribution in [3.63, 3.8) is 0 Å². The van der Waals surface area contributed by atoms with Gasteiger partial charge in [0.2, 0.25) is 0 Å². The SMILES string of the molecule is CC1=C2C[C@H]3[C@@H](CCC4=CC(=O)CC[C@@]43C)[C@@H]2CC[C@]12O[C@@H]1C[C@H](C)CN(CCBr)[C@H]1[C@H]2C. The number of carbonyl (C=O) groups excluding carboxylic acids is 1. The third-order valence-electron chi connectivity index (χ3n) is 11.4. The zero-order chi connectivity index (χ0) is 23.1.